The molecule has 1 heterocycles. The molecule has 1 aromatic heterocycles. The molecule has 0 aliphatic heterocycles. The number of allylic oxidation sites excluding steroid dienone is 1. The smallest absolute Gasteiger partial charge is 0.237 e. The quantitative estimate of drug-likeness (QED) is 0.277. The minimum atomic E-state index is 0.0401. The Kier molecular flexibility index (Phi) is 6.48. The lowest BCUT2D eigenvalue weighted by atomic mass is 10.1. The molecule has 0 N–H and O–H groups in total. The molecule has 6 heteroatoms. The molecule has 31 heavy (non-hydrogen) atoms. The third-order valence-electron chi connectivity index (χ3n) is 5.06. The van der Waals surface area contributed by atoms with E-state index in [1.807, 2.05) is 77.1 Å². The number of carbonyl (C=O) groups is 1. The number of hydrogen-bond donors (Lipinski definition) is 0. The molecule has 0 unspecified atom stereocenters. The first-order chi connectivity index (χ1) is 15.2. The molecule has 0 aliphatic rings. The predicted molar refractivity (Wildman–Crippen MR) is 128 cm³/mol. The van der Waals surface area contributed by atoms with Crippen molar-refractivity contribution < 1.29 is 4.79 Å². The van der Waals surface area contributed by atoms with E-state index in [0.717, 1.165) is 27.8 Å². The van der Waals surface area contributed by atoms with Gasteiger partial charge in [0.15, 0.2) is 11.0 Å². The van der Waals surface area contributed by atoms with E-state index in [-0.39, 0.29) is 11.7 Å². The molecule has 0 atom stereocenters. The Bertz CT molecular complexity index is 1200. The fraction of sp³-hybridized carbons (Fsp3) is 0.160. The van der Waals surface area contributed by atoms with Crippen LogP contribution in [-0.2, 0) is 11.3 Å². The van der Waals surface area contributed by atoms with Crippen LogP contribution in [0.5, 0.6) is 0 Å². The van der Waals surface area contributed by atoms with Gasteiger partial charge in [-0.05, 0) is 18.4 Å². The van der Waals surface area contributed by atoms with Gasteiger partial charge in [-0.3, -0.25) is 9.36 Å². The summed E-state index contributed by atoms with van der Waals surface area (Å²) in [5.74, 6) is 1.09. The molecule has 4 rings (SSSR count). The van der Waals surface area contributed by atoms with Crippen molar-refractivity contribution in [3.8, 4) is 11.4 Å². The maximum Gasteiger partial charge on any atom is 0.237 e. The average molecular weight is 429 g/mol. The molecule has 0 spiro atoms. The van der Waals surface area contributed by atoms with Crippen molar-refractivity contribution in [3.05, 3.63) is 85.5 Å². The fourth-order valence-corrected chi connectivity index (χ4v) is 4.44. The van der Waals surface area contributed by atoms with Gasteiger partial charge in [0.2, 0.25) is 5.91 Å². The summed E-state index contributed by atoms with van der Waals surface area (Å²) in [6.45, 7) is 7.03. The van der Waals surface area contributed by atoms with E-state index < -0.39 is 0 Å². The van der Waals surface area contributed by atoms with Gasteiger partial charge in [-0.25, -0.2) is 0 Å². The summed E-state index contributed by atoms with van der Waals surface area (Å²) in [6, 6.07) is 24.1. The van der Waals surface area contributed by atoms with Crippen LogP contribution in [-0.4, -0.2) is 33.0 Å². The Hall–Kier alpha value is -3.38. The number of fused-ring (bicyclic) bond motifs is 1. The average Bonchev–Trinajstić information content (AvgIpc) is 3.21. The highest BCUT2D eigenvalue weighted by molar-refractivity contribution is 7.99. The highest BCUT2D eigenvalue weighted by Crippen LogP contribution is 2.29. The van der Waals surface area contributed by atoms with Gasteiger partial charge in [0.25, 0.3) is 0 Å². The summed E-state index contributed by atoms with van der Waals surface area (Å²) in [7, 11) is 0. The van der Waals surface area contributed by atoms with Gasteiger partial charge in [0, 0.05) is 24.0 Å². The summed E-state index contributed by atoms with van der Waals surface area (Å²) < 4.78 is 1.99. The van der Waals surface area contributed by atoms with Crippen LogP contribution in [0.1, 0.15) is 6.92 Å². The zero-order chi connectivity index (χ0) is 21.6. The predicted octanol–water partition coefficient (Wildman–Crippen LogP) is 5.43. The summed E-state index contributed by atoms with van der Waals surface area (Å²) in [4.78, 5) is 15.0. The molecule has 1 amide bonds. The highest BCUT2D eigenvalue weighted by Gasteiger charge is 2.19. The normalized spacial score (nSPS) is 10.9. The van der Waals surface area contributed by atoms with E-state index in [1.165, 1.54) is 11.8 Å². The van der Waals surface area contributed by atoms with Gasteiger partial charge in [-0.1, -0.05) is 84.6 Å². The van der Waals surface area contributed by atoms with E-state index in [9.17, 15) is 4.79 Å². The Balaban J connectivity index is 1.56. The minimum absolute atomic E-state index is 0.0401. The molecule has 0 saturated carbocycles. The number of anilines is 1. The van der Waals surface area contributed by atoms with E-state index in [1.54, 1.807) is 0 Å². The zero-order valence-corrected chi connectivity index (χ0v) is 18.3. The molecule has 0 aliphatic carbocycles. The second-order valence-electron chi connectivity index (χ2n) is 7.00. The van der Waals surface area contributed by atoms with Crippen molar-refractivity contribution in [1.82, 2.24) is 14.8 Å². The van der Waals surface area contributed by atoms with Gasteiger partial charge in [0.05, 0.1) is 11.4 Å². The van der Waals surface area contributed by atoms with Crippen molar-refractivity contribution in [2.45, 2.75) is 18.6 Å². The van der Waals surface area contributed by atoms with Gasteiger partial charge < -0.3 is 4.90 Å². The van der Waals surface area contributed by atoms with Crippen molar-refractivity contribution in [1.29, 1.82) is 0 Å². The van der Waals surface area contributed by atoms with E-state index in [4.69, 9.17) is 0 Å². The van der Waals surface area contributed by atoms with Gasteiger partial charge >= 0.3 is 0 Å². The SMILES string of the molecule is C=CCn1c(SCC(=O)N(CC)c2cccc3ccccc23)nnc1-c1ccccc1. The van der Waals surface area contributed by atoms with Crippen LogP contribution in [0.15, 0.2) is 90.6 Å². The summed E-state index contributed by atoms with van der Waals surface area (Å²) in [5.41, 5.74) is 1.92. The fourth-order valence-electron chi connectivity index (χ4n) is 3.62. The first kappa shape index (κ1) is 20.9. The molecule has 156 valence electrons. The van der Waals surface area contributed by atoms with Gasteiger partial charge in [-0.2, -0.15) is 0 Å². The lowest BCUT2D eigenvalue weighted by Crippen LogP contribution is -2.32. The Morgan fingerprint density at radius 2 is 1.77 bits per heavy atom. The summed E-state index contributed by atoms with van der Waals surface area (Å²) in [5, 5.41) is 11.6. The van der Waals surface area contributed by atoms with E-state index >= 15 is 0 Å². The van der Waals surface area contributed by atoms with Crippen molar-refractivity contribution in [2.75, 3.05) is 17.2 Å². The molecule has 0 bridgehead atoms. The Morgan fingerprint density at radius 3 is 2.55 bits per heavy atom. The molecule has 0 saturated heterocycles. The lowest BCUT2D eigenvalue weighted by Gasteiger charge is -2.22. The monoisotopic (exact) mass is 428 g/mol. The summed E-state index contributed by atoms with van der Waals surface area (Å²) >= 11 is 1.40. The second-order valence-corrected chi connectivity index (χ2v) is 7.94. The van der Waals surface area contributed by atoms with Crippen LogP contribution in [0.2, 0.25) is 0 Å². The van der Waals surface area contributed by atoms with Crippen molar-refractivity contribution in [2.24, 2.45) is 0 Å². The molecule has 0 fully saturated rings. The number of nitrogens with zero attached hydrogens (tertiary/aromatic N) is 4. The highest BCUT2D eigenvalue weighted by atomic mass is 32.2. The molecular weight excluding hydrogens is 404 g/mol. The third-order valence-corrected chi connectivity index (χ3v) is 6.01. The number of benzene rings is 3. The second kappa shape index (κ2) is 9.62. The molecule has 0 radical (unpaired) electrons. The zero-order valence-electron chi connectivity index (χ0n) is 17.4. The summed E-state index contributed by atoms with van der Waals surface area (Å²) in [6.07, 6.45) is 1.82. The number of rotatable bonds is 8. The molecule has 3 aromatic carbocycles. The van der Waals surface area contributed by atoms with Gasteiger partial charge in [-0.15, -0.1) is 16.8 Å². The van der Waals surface area contributed by atoms with Crippen LogP contribution < -0.4 is 4.90 Å². The molecular formula is C25H24N4OS. The number of hydrogen-bond acceptors (Lipinski definition) is 4. The van der Waals surface area contributed by atoms with Crippen LogP contribution in [0.3, 0.4) is 0 Å². The minimum Gasteiger partial charge on any atom is -0.311 e. The van der Waals surface area contributed by atoms with E-state index in [2.05, 4.69) is 35.0 Å². The lowest BCUT2D eigenvalue weighted by molar-refractivity contribution is -0.116. The van der Waals surface area contributed by atoms with Crippen molar-refractivity contribution in [3.63, 3.8) is 0 Å². The third kappa shape index (κ3) is 4.39. The largest absolute Gasteiger partial charge is 0.311 e. The first-order valence-electron chi connectivity index (χ1n) is 10.2. The Morgan fingerprint density at radius 1 is 1.03 bits per heavy atom. The van der Waals surface area contributed by atoms with Gasteiger partial charge in [0.1, 0.15) is 0 Å². The van der Waals surface area contributed by atoms with Crippen LogP contribution in [0.25, 0.3) is 22.2 Å². The van der Waals surface area contributed by atoms with Crippen LogP contribution in [0, 0.1) is 0 Å². The number of amides is 1. The Labute approximate surface area is 186 Å². The standard InChI is InChI=1S/C25H24N4OS/c1-3-17-29-24(20-12-6-5-7-13-20)26-27-25(29)31-18-23(30)28(4-2)22-16-10-14-19-11-8-9-15-21(19)22/h3,5-16H,1,4,17-18H2,2H3. The number of aromatic nitrogens is 3. The molecule has 5 nitrogen and oxygen atoms in total. The molecule has 4 aromatic rings. The van der Waals surface area contributed by atoms with Crippen molar-refractivity contribution >= 4 is 34.1 Å². The van der Waals surface area contributed by atoms with Crippen LogP contribution in [0.4, 0.5) is 5.69 Å². The maximum atomic E-state index is 13.2. The number of thioether (sulfide) groups is 1. The number of carbonyl (C=O) groups excluding carboxylic acids is 1. The van der Waals surface area contributed by atoms with Crippen LogP contribution >= 0.6 is 11.8 Å². The van der Waals surface area contributed by atoms with E-state index in [0.29, 0.717) is 18.2 Å². The maximum absolute atomic E-state index is 13.2. The first-order valence-corrected chi connectivity index (χ1v) is 11.2. The topological polar surface area (TPSA) is 51.0 Å².